The molecule has 3 rings (SSSR count). The van der Waals surface area contributed by atoms with E-state index in [1.165, 1.54) is 12.1 Å². The Balaban J connectivity index is 1.56. The molecule has 1 aromatic carbocycles. The molecule has 2 heterocycles. The van der Waals surface area contributed by atoms with E-state index in [9.17, 15) is 9.18 Å². The number of hydrogen-bond donors (Lipinski definition) is 2. The molecule has 0 aliphatic rings. The summed E-state index contributed by atoms with van der Waals surface area (Å²) in [4.78, 5) is 20.1. The van der Waals surface area contributed by atoms with Crippen molar-refractivity contribution < 1.29 is 9.18 Å². The second-order valence-electron chi connectivity index (χ2n) is 4.96. The van der Waals surface area contributed by atoms with Gasteiger partial charge in [-0.1, -0.05) is 17.7 Å². The van der Waals surface area contributed by atoms with Gasteiger partial charge in [-0.25, -0.2) is 19.2 Å². The number of urea groups is 1. The molecule has 24 heavy (non-hydrogen) atoms. The maximum atomic E-state index is 13.2. The molecule has 0 unspecified atom stereocenters. The van der Waals surface area contributed by atoms with Crippen LogP contribution >= 0.6 is 11.6 Å². The number of rotatable bonds is 4. The SMILES string of the molecule is O=C(NCc1ccc(-n2ccnc2)nc1)Nc1cc(F)cc(Cl)c1. The highest BCUT2D eigenvalue weighted by molar-refractivity contribution is 6.30. The lowest BCUT2D eigenvalue weighted by atomic mass is 10.3. The topological polar surface area (TPSA) is 71.8 Å². The van der Waals surface area contributed by atoms with E-state index >= 15 is 0 Å². The van der Waals surface area contributed by atoms with Gasteiger partial charge in [0, 0.05) is 35.8 Å². The number of halogens is 2. The third-order valence-electron chi connectivity index (χ3n) is 3.15. The largest absolute Gasteiger partial charge is 0.334 e. The zero-order valence-corrected chi connectivity index (χ0v) is 13.2. The fourth-order valence-corrected chi connectivity index (χ4v) is 2.27. The molecule has 0 aliphatic carbocycles. The van der Waals surface area contributed by atoms with Gasteiger partial charge in [0.15, 0.2) is 0 Å². The van der Waals surface area contributed by atoms with E-state index in [0.717, 1.165) is 17.4 Å². The Morgan fingerprint density at radius 1 is 1.29 bits per heavy atom. The van der Waals surface area contributed by atoms with Gasteiger partial charge in [-0.15, -0.1) is 0 Å². The van der Waals surface area contributed by atoms with Crippen molar-refractivity contribution in [3.63, 3.8) is 0 Å². The lowest BCUT2D eigenvalue weighted by Crippen LogP contribution is -2.28. The molecule has 0 radical (unpaired) electrons. The van der Waals surface area contributed by atoms with E-state index in [2.05, 4.69) is 20.6 Å². The van der Waals surface area contributed by atoms with Crippen molar-refractivity contribution in [2.75, 3.05) is 5.32 Å². The van der Waals surface area contributed by atoms with Crippen LogP contribution in [0.3, 0.4) is 0 Å². The van der Waals surface area contributed by atoms with Gasteiger partial charge in [-0.2, -0.15) is 0 Å². The number of carbonyl (C=O) groups is 1. The fraction of sp³-hybridized carbons (Fsp3) is 0.0625. The number of hydrogen-bond acceptors (Lipinski definition) is 3. The van der Waals surface area contributed by atoms with E-state index in [1.54, 1.807) is 29.5 Å². The molecule has 0 saturated carbocycles. The van der Waals surface area contributed by atoms with Gasteiger partial charge in [-0.3, -0.25) is 4.57 Å². The number of nitrogens with one attached hydrogen (secondary N) is 2. The Labute approximate surface area is 142 Å². The quantitative estimate of drug-likeness (QED) is 0.761. The molecule has 6 nitrogen and oxygen atoms in total. The number of nitrogens with zero attached hydrogens (tertiary/aromatic N) is 3. The summed E-state index contributed by atoms with van der Waals surface area (Å²) in [6.45, 7) is 0.284. The smallest absolute Gasteiger partial charge is 0.319 e. The van der Waals surface area contributed by atoms with Gasteiger partial charge in [-0.05, 0) is 29.8 Å². The van der Waals surface area contributed by atoms with E-state index in [-0.39, 0.29) is 17.3 Å². The maximum absolute atomic E-state index is 13.2. The normalized spacial score (nSPS) is 10.4. The monoisotopic (exact) mass is 345 g/mol. The van der Waals surface area contributed by atoms with Crippen molar-refractivity contribution in [3.8, 4) is 5.82 Å². The molecule has 122 valence electrons. The minimum absolute atomic E-state index is 0.213. The Morgan fingerprint density at radius 3 is 2.83 bits per heavy atom. The summed E-state index contributed by atoms with van der Waals surface area (Å²) in [5.74, 6) is 0.215. The number of pyridine rings is 1. The highest BCUT2D eigenvalue weighted by Crippen LogP contribution is 2.17. The maximum Gasteiger partial charge on any atom is 0.319 e. The number of benzene rings is 1. The Kier molecular flexibility index (Phi) is 4.72. The molecule has 0 bridgehead atoms. The Hall–Kier alpha value is -2.93. The summed E-state index contributed by atoms with van der Waals surface area (Å²) in [6, 6.07) is 7.02. The molecule has 3 aromatic rings. The Morgan fingerprint density at radius 2 is 2.17 bits per heavy atom. The van der Waals surface area contributed by atoms with Crippen LogP contribution in [0.2, 0.25) is 5.02 Å². The summed E-state index contributed by atoms with van der Waals surface area (Å²) in [6.07, 6.45) is 6.77. The third-order valence-corrected chi connectivity index (χ3v) is 3.37. The summed E-state index contributed by atoms with van der Waals surface area (Å²) >= 11 is 5.74. The first-order chi connectivity index (χ1) is 11.6. The van der Waals surface area contributed by atoms with Gasteiger partial charge < -0.3 is 10.6 Å². The third kappa shape index (κ3) is 4.08. The van der Waals surface area contributed by atoms with Gasteiger partial charge >= 0.3 is 6.03 Å². The summed E-state index contributed by atoms with van der Waals surface area (Å²) in [5, 5.41) is 5.40. The second-order valence-corrected chi connectivity index (χ2v) is 5.40. The molecule has 0 aliphatic heterocycles. The van der Waals surface area contributed by atoms with Crippen molar-refractivity contribution in [1.82, 2.24) is 19.9 Å². The zero-order valence-electron chi connectivity index (χ0n) is 12.4. The number of imidazole rings is 1. The second kappa shape index (κ2) is 7.10. The van der Waals surface area contributed by atoms with Crippen molar-refractivity contribution >= 4 is 23.3 Å². The lowest BCUT2D eigenvalue weighted by molar-refractivity contribution is 0.251. The fourth-order valence-electron chi connectivity index (χ4n) is 2.05. The molecule has 0 saturated heterocycles. The van der Waals surface area contributed by atoms with Gasteiger partial charge in [0.25, 0.3) is 0 Å². The molecule has 8 heteroatoms. The van der Waals surface area contributed by atoms with E-state index in [4.69, 9.17) is 11.6 Å². The first kappa shape index (κ1) is 15.9. The summed E-state index contributed by atoms with van der Waals surface area (Å²) in [7, 11) is 0. The van der Waals surface area contributed by atoms with Gasteiger partial charge in [0.2, 0.25) is 0 Å². The standard InChI is InChI=1S/C16H13ClFN5O/c17-12-5-13(18)7-14(6-12)22-16(24)21-9-11-1-2-15(20-8-11)23-4-3-19-10-23/h1-8,10H,9H2,(H2,21,22,24). The van der Waals surface area contributed by atoms with Crippen LogP contribution in [0.4, 0.5) is 14.9 Å². The number of carbonyl (C=O) groups excluding carboxylic acids is 1. The minimum atomic E-state index is -0.517. The molecular formula is C16H13ClFN5O. The van der Waals surface area contributed by atoms with Crippen LogP contribution in [-0.4, -0.2) is 20.6 Å². The van der Waals surface area contributed by atoms with E-state index in [0.29, 0.717) is 0 Å². The van der Waals surface area contributed by atoms with E-state index in [1.807, 2.05) is 12.1 Å². The molecule has 2 aromatic heterocycles. The predicted molar refractivity (Wildman–Crippen MR) is 88.6 cm³/mol. The number of amides is 2. The predicted octanol–water partition coefficient (Wildman–Crippen LogP) is 3.38. The number of anilines is 1. The van der Waals surface area contributed by atoms with Crippen LogP contribution in [0.1, 0.15) is 5.56 Å². The average Bonchev–Trinajstić information content (AvgIpc) is 3.07. The van der Waals surface area contributed by atoms with Gasteiger partial charge in [0.05, 0.1) is 0 Å². The van der Waals surface area contributed by atoms with Crippen molar-refractivity contribution in [3.05, 3.63) is 71.7 Å². The van der Waals surface area contributed by atoms with Crippen LogP contribution in [0.5, 0.6) is 0 Å². The number of aromatic nitrogens is 3. The Bertz CT molecular complexity index is 816. The molecular weight excluding hydrogens is 333 g/mol. The molecule has 2 amide bonds. The van der Waals surface area contributed by atoms with Gasteiger partial charge in [0.1, 0.15) is 18.0 Å². The van der Waals surface area contributed by atoms with Crippen molar-refractivity contribution in [1.29, 1.82) is 0 Å². The molecule has 0 atom stereocenters. The van der Waals surface area contributed by atoms with E-state index < -0.39 is 11.8 Å². The minimum Gasteiger partial charge on any atom is -0.334 e. The first-order valence-corrected chi connectivity index (χ1v) is 7.42. The van der Waals surface area contributed by atoms with Crippen LogP contribution in [0.25, 0.3) is 5.82 Å². The highest BCUT2D eigenvalue weighted by Gasteiger charge is 2.05. The molecule has 0 fully saturated rings. The average molecular weight is 346 g/mol. The van der Waals surface area contributed by atoms with Crippen LogP contribution in [0.15, 0.2) is 55.2 Å². The first-order valence-electron chi connectivity index (χ1n) is 7.04. The summed E-state index contributed by atoms with van der Waals surface area (Å²) < 4.78 is 15.0. The molecule has 0 spiro atoms. The van der Waals surface area contributed by atoms with Crippen LogP contribution in [-0.2, 0) is 6.54 Å². The molecule has 2 N–H and O–H groups in total. The van der Waals surface area contributed by atoms with Crippen LogP contribution in [0, 0.1) is 5.82 Å². The summed E-state index contributed by atoms with van der Waals surface area (Å²) in [5.41, 5.74) is 1.11. The highest BCUT2D eigenvalue weighted by atomic mass is 35.5. The lowest BCUT2D eigenvalue weighted by Gasteiger charge is -2.08. The zero-order chi connectivity index (χ0) is 16.9. The van der Waals surface area contributed by atoms with Crippen molar-refractivity contribution in [2.45, 2.75) is 6.54 Å². The van der Waals surface area contributed by atoms with Crippen LogP contribution < -0.4 is 10.6 Å². The van der Waals surface area contributed by atoms with Crippen molar-refractivity contribution in [2.24, 2.45) is 0 Å².